The molecule has 1 saturated heterocycles. The summed E-state index contributed by atoms with van der Waals surface area (Å²) in [5, 5.41) is 0.163. The Balaban J connectivity index is 1.69. The number of carbonyl (C=O) groups excluding carboxylic acids is 1. The Hall–Kier alpha value is -2.39. The number of hydrogen-bond acceptors (Lipinski definition) is 7. The van der Waals surface area contributed by atoms with Crippen LogP contribution in [0, 0.1) is 0 Å². The Morgan fingerprint density at radius 2 is 1.85 bits per heavy atom. The lowest BCUT2D eigenvalue weighted by Gasteiger charge is -2.26. The molecule has 10 heteroatoms. The van der Waals surface area contributed by atoms with E-state index in [4.69, 9.17) is 16.3 Å². The Labute approximate surface area is 162 Å². The van der Waals surface area contributed by atoms with Crippen LogP contribution in [0.15, 0.2) is 30.6 Å². The minimum atomic E-state index is -3.65. The summed E-state index contributed by atoms with van der Waals surface area (Å²) in [5.74, 6) is 0.619. The molecular formula is C17H19ClN4O4S. The SMILES string of the molecule is CS(=O)(=O)NC(=O)c1ccc(Oc2cnc(N3CCCCC3)nc2)c(Cl)c1. The number of rotatable bonds is 5. The van der Waals surface area contributed by atoms with Crippen molar-refractivity contribution in [3.8, 4) is 11.5 Å². The summed E-state index contributed by atoms with van der Waals surface area (Å²) in [6, 6.07) is 4.24. The van der Waals surface area contributed by atoms with Gasteiger partial charge >= 0.3 is 0 Å². The van der Waals surface area contributed by atoms with E-state index in [1.54, 1.807) is 12.4 Å². The molecule has 144 valence electrons. The van der Waals surface area contributed by atoms with Crippen molar-refractivity contribution in [1.82, 2.24) is 14.7 Å². The second-order valence-electron chi connectivity index (χ2n) is 6.22. The molecule has 1 fully saturated rings. The molecule has 0 bridgehead atoms. The highest BCUT2D eigenvalue weighted by Crippen LogP contribution is 2.30. The van der Waals surface area contributed by atoms with Crippen LogP contribution < -0.4 is 14.4 Å². The predicted octanol–water partition coefficient (Wildman–Crippen LogP) is 2.60. The lowest BCUT2D eigenvalue weighted by atomic mass is 10.1. The largest absolute Gasteiger partial charge is 0.453 e. The number of benzene rings is 1. The summed E-state index contributed by atoms with van der Waals surface area (Å²) < 4.78 is 29.8. The standard InChI is InChI=1S/C17H19ClN4O4S/c1-27(24,25)21-16(23)12-5-6-15(14(18)9-12)26-13-10-19-17(20-11-13)22-7-3-2-4-8-22/h5-6,9-11H,2-4,7-8H2,1H3,(H,21,23). The smallest absolute Gasteiger partial charge is 0.264 e. The molecule has 2 heterocycles. The van der Waals surface area contributed by atoms with Gasteiger partial charge in [0.05, 0.1) is 23.7 Å². The number of piperidine rings is 1. The highest BCUT2D eigenvalue weighted by atomic mass is 35.5. The van der Waals surface area contributed by atoms with Crippen LogP contribution in [0.5, 0.6) is 11.5 Å². The predicted molar refractivity (Wildman–Crippen MR) is 102 cm³/mol. The molecule has 8 nitrogen and oxygen atoms in total. The first-order chi connectivity index (χ1) is 12.8. The first-order valence-corrected chi connectivity index (χ1v) is 10.7. The van der Waals surface area contributed by atoms with Crippen molar-refractivity contribution < 1.29 is 17.9 Å². The second-order valence-corrected chi connectivity index (χ2v) is 8.37. The molecule has 1 aromatic heterocycles. The van der Waals surface area contributed by atoms with Gasteiger partial charge in [0, 0.05) is 18.7 Å². The van der Waals surface area contributed by atoms with Crippen LogP contribution in [0.3, 0.4) is 0 Å². The van der Waals surface area contributed by atoms with E-state index in [1.807, 2.05) is 4.72 Å². The van der Waals surface area contributed by atoms with E-state index in [0.29, 0.717) is 17.4 Å². The number of hydrogen-bond donors (Lipinski definition) is 1. The van der Waals surface area contributed by atoms with Gasteiger partial charge in [0.1, 0.15) is 5.75 Å². The molecule has 0 aliphatic carbocycles. The number of carbonyl (C=O) groups is 1. The van der Waals surface area contributed by atoms with Crippen molar-refractivity contribution in [3.05, 3.63) is 41.2 Å². The Kier molecular flexibility index (Phi) is 5.81. The van der Waals surface area contributed by atoms with Gasteiger partial charge in [-0.15, -0.1) is 0 Å². The molecule has 1 aliphatic heterocycles. The van der Waals surface area contributed by atoms with Gasteiger partial charge in [-0.05, 0) is 37.5 Å². The zero-order valence-electron chi connectivity index (χ0n) is 14.7. The monoisotopic (exact) mass is 410 g/mol. The molecule has 27 heavy (non-hydrogen) atoms. The van der Waals surface area contributed by atoms with Crippen molar-refractivity contribution in [2.45, 2.75) is 19.3 Å². The Bertz CT molecular complexity index is 928. The molecule has 1 aliphatic rings. The average Bonchev–Trinajstić information content (AvgIpc) is 2.63. The summed E-state index contributed by atoms with van der Waals surface area (Å²) in [6.45, 7) is 1.89. The van der Waals surface area contributed by atoms with E-state index in [0.717, 1.165) is 32.2 Å². The molecule has 0 spiro atoms. The molecular weight excluding hydrogens is 392 g/mol. The van der Waals surface area contributed by atoms with Crippen molar-refractivity contribution in [2.75, 3.05) is 24.2 Å². The van der Waals surface area contributed by atoms with Crippen LogP contribution in [0.25, 0.3) is 0 Å². The van der Waals surface area contributed by atoms with Gasteiger partial charge in [0.25, 0.3) is 5.91 Å². The Morgan fingerprint density at radius 3 is 2.44 bits per heavy atom. The number of sulfonamides is 1. The maximum Gasteiger partial charge on any atom is 0.264 e. The third-order valence-corrected chi connectivity index (χ3v) is 4.80. The number of aromatic nitrogens is 2. The lowest BCUT2D eigenvalue weighted by Crippen LogP contribution is -2.30. The van der Waals surface area contributed by atoms with Crippen molar-refractivity contribution in [2.24, 2.45) is 0 Å². The van der Waals surface area contributed by atoms with E-state index < -0.39 is 15.9 Å². The van der Waals surface area contributed by atoms with Gasteiger partial charge in [-0.25, -0.2) is 23.1 Å². The number of nitrogens with one attached hydrogen (secondary N) is 1. The van der Waals surface area contributed by atoms with Crippen LogP contribution in [-0.4, -0.2) is 43.6 Å². The van der Waals surface area contributed by atoms with Crippen LogP contribution in [-0.2, 0) is 10.0 Å². The van der Waals surface area contributed by atoms with Gasteiger partial charge in [0.2, 0.25) is 16.0 Å². The van der Waals surface area contributed by atoms with Crippen molar-refractivity contribution >= 4 is 33.5 Å². The van der Waals surface area contributed by atoms with Gasteiger partial charge in [-0.3, -0.25) is 4.79 Å². The van der Waals surface area contributed by atoms with Crippen LogP contribution in [0.1, 0.15) is 29.6 Å². The van der Waals surface area contributed by atoms with E-state index in [1.165, 1.54) is 24.6 Å². The molecule has 0 radical (unpaired) electrons. The number of amides is 1. The third-order valence-electron chi connectivity index (χ3n) is 3.95. The fourth-order valence-electron chi connectivity index (χ4n) is 2.70. The highest BCUT2D eigenvalue weighted by Gasteiger charge is 2.15. The van der Waals surface area contributed by atoms with Crippen LogP contribution >= 0.6 is 11.6 Å². The van der Waals surface area contributed by atoms with Crippen LogP contribution in [0.4, 0.5) is 5.95 Å². The molecule has 1 N–H and O–H groups in total. The number of nitrogens with zero attached hydrogens (tertiary/aromatic N) is 3. The number of ether oxygens (including phenoxy) is 1. The van der Waals surface area contributed by atoms with Gasteiger partial charge in [-0.1, -0.05) is 11.6 Å². The summed E-state index contributed by atoms with van der Waals surface area (Å²) in [4.78, 5) is 22.7. The molecule has 1 amide bonds. The van der Waals surface area contributed by atoms with Gasteiger partial charge in [-0.2, -0.15) is 0 Å². The zero-order valence-corrected chi connectivity index (χ0v) is 16.3. The van der Waals surface area contributed by atoms with E-state index in [9.17, 15) is 13.2 Å². The molecule has 2 aromatic rings. The number of halogens is 1. The fourth-order valence-corrected chi connectivity index (χ4v) is 3.37. The summed E-state index contributed by atoms with van der Waals surface area (Å²) in [6.07, 6.45) is 7.54. The minimum Gasteiger partial charge on any atom is -0.453 e. The fraction of sp³-hybridized carbons (Fsp3) is 0.353. The van der Waals surface area contributed by atoms with Gasteiger partial charge < -0.3 is 9.64 Å². The maximum absolute atomic E-state index is 11.9. The van der Waals surface area contributed by atoms with E-state index in [-0.39, 0.29) is 10.6 Å². The summed E-state index contributed by atoms with van der Waals surface area (Å²) >= 11 is 6.14. The van der Waals surface area contributed by atoms with Gasteiger partial charge in [0.15, 0.2) is 5.75 Å². The molecule has 1 aromatic carbocycles. The van der Waals surface area contributed by atoms with Crippen molar-refractivity contribution in [3.63, 3.8) is 0 Å². The lowest BCUT2D eigenvalue weighted by molar-refractivity contribution is 0.0981. The Morgan fingerprint density at radius 1 is 1.19 bits per heavy atom. The van der Waals surface area contributed by atoms with Crippen molar-refractivity contribution in [1.29, 1.82) is 0 Å². The average molecular weight is 411 g/mol. The number of anilines is 1. The zero-order chi connectivity index (χ0) is 19.4. The topological polar surface area (TPSA) is 101 Å². The second kappa shape index (κ2) is 8.10. The first-order valence-electron chi connectivity index (χ1n) is 8.38. The summed E-state index contributed by atoms with van der Waals surface area (Å²) in [5.41, 5.74) is 0.106. The molecule has 0 atom stereocenters. The molecule has 0 unspecified atom stereocenters. The molecule has 0 saturated carbocycles. The first kappa shape index (κ1) is 19.4. The normalized spacial score (nSPS) is 14.7. The van der Waals surface area contributed by atoms with E-state index >= 15 is 0 Å². The quantitative estimate of drug-likeness (QED) is 0.808. The highest BCUT2D eigenvalue weighted by molar-refractivity contribution is 7.89. The maximum atomic E-state index is 11.9. The van der Waals surface area contributed by atoms with E-state index in [2.05, 4.69) is 14.9 Å². The molecule has 3 rings (SSSR count). The summed E-state index contributed by atoms with van der Waals surface area (Å²) in [7, 11) is -3.65. The third kappa shape index (κ3) is 5.30. The van der Waals surface area contributed by atoms with Crippen LogP contribution in [0.2, 0.25) is 5.02 Å². The minimum absolute atomic E-state index is 0.106.